The van der Waals surface area contributed by atoms with E-state index in [1.54, 1.807) is 13.8 Å². The molecule has 1 rings (SSSR count). The number of benzene rings is 1. The van der Waals surface area contributed by atoms with Crippen LogP contribution in [0, 0.1) is 5.92 Å². The van der Waals surface area contributed by atoms with E-state index in [9.17, 15) is 19.8 Å². The summed E-state index contributed by atoms with van der Waals surface area (Å²) in [5.41, 5.74) is 2.00. The predicted molar refractivity (Wildman–Crippen MR) is 120 cm³/mol. The number of esters is 1. The van der Waals surface area contributed by atoms with Crippen LogP contribution in [-0.4, -0.2) is 60.2 Å². The number of nitrogens with one attached hydrogen (secondary N) is 1. The molecular weight excluding hydrogens is 398 g/mol. The Morgan fingerprint density at radius 1 is 1.10 bits per heavy atom. The molecule has 3 N–H and O–H groups in total. The van der Waals surface area contributed by atoms with E-state index in [0.29, 0.717) is 18.8 Å². The molecule has 1 amide bonds. The largest absolute Gasteiger partial charge is 0.457 e. The highest BCUT2D eigenvalue weighted by molar-refractivity contribution is 5.78. The number of hydrogen-bond donors (Lipinski definition) is 3. The number of hydrogen-bond acceptors (Lipinski definition) is 6. The van der Waals surface area contributed by atoms with Crippen LogP contribution in [0.5, 0.6) is 0 Å². The molecule has 1 aromatic rings. The van der Waals surface area contributed by atoms with Gasteiger partial charge in [0.25, 0.3) is 0 Å². The minimum absolute atomic E-state index is 0.199. The van der Waals surface area contributed by atoms with Crippen molar-refractivity contribution in [2.45, 2.75) is 84.2 Å². The molecular formula is C24H39NO6. The summed E-state index contributed by atoms with van der Waals surface area (Å²) in [4.78, 5) is 24.9. The van der Waals surface area contributed by atoms with Crippen molar-refractivity contribution >= 4 is 11.9 Å². The second kappa shape index (κ2) is 13.5. The Labute approximate surface area is 186 Å². The maximum atomic E-state index is 12.9. The number of rotatable bonds is 13. The number of aliphatic hydroxyl groups excluding tert-OH is 2. The fourth-order valence-corrected chi connectivity index (χ4v) is 3.42. The molecule has 5 unspecified atom stereocenters. The van der Waals surface area contributed by atoms with Crippen molar-refractivity contribution in [3.05, 3.63) is 35.4 Å². The average Bonchev–Trinajstić information content (AvgIpc) is 2.72. The molecule has 0 heterocycles. The van der Waals surface area contributed by atoms with Gasteiger partial charge in [0, 0.05) is 13.5 Å². The molecule has 0 bridgehead atoms. The van der Waals surface area contributed by atoms with E-state index in [-0.39, 0.29) is 5.91 Å². The second-order valence-corrected chi connectivity index (χ2v) is 8.52. The van der Waals surface area contributed by atoms with E-state index in [1.165, 1.54) is 12.7 Å². The van der Waals surface area contributed by atoms with Crippen molar-refractivity contribution in [2.24, 2.45) is 5.92 Å². The first-order valence-corrected chi connectivity index (χ1v) is 11.0. The van der Waals surface area contributed by atoms with Gasteiger partial charge in [0.2, 0.25) is 5.91 Å². The fraction of sp³-hybridized carbons (Fsp3) is 0.667. The lowest BCUT2D eigenvalue weighted by Gasteiger charge is -2.33. The lowest BCUT2D eigenvalue weighted by atomic mass is 9.96. The van der Waals surface area contributed by atoms with Crippen molar-refractivity contribution in [2.75, 3.05) is 13.7 Å². The first kappa shape index (κ1) is 27.1. The zero-order valence-corrected chi connectivity index (χ0v) is 19.6. The van der Waals surface area contributed by atoms with Crippen LogP contribution in [0.1, 0.15) is 64.5 Å². The van der Waals surface area contributed by atoms with Gasteiger partial charge in [0.05, 0.1) is 18.6 Å². The third-order valence-corrected chi connectivity index (χ3v) is 5.29. The Morgan fingerprint density at radius 3 is 2.19 bits per heavy atom. The van der Waals surface area contributed by atoms with Crippen molar-refractivity contribution in [1.82, 2.24) is 5.32 Å². The van der Waals surface area contributed by atoms with Crippen LogP contribution in [0.15, 0.2) is 24.3 Å². The normalized spacial score (nSPS) is 16.3. The van der Waals surface area contributed by atoms with Crippen molar-refractivity contribution in [3.8, 4) is 0 Å². The maximum Gasteiger partial charge on any atom is 0.313 e. The monoisotopic (exact) mass is 437 g/mol. The van der Waals surface area contributed by atoms with E-state index in [4.69, 9.17) is 9.47 Å². The Balaban J connectivity index is 2.97. The minimum Gasteiger partial charge on any atom is -0.457 e. The van der Waals surface area contributed by atoms with Crippen LogP contribution in [-0.2, 0) is 25.5 Å². The first-order valence-electron chi connectivity index (χ1n) is 11.0. The average molecular weight is 438 g/mol. The summed E-state index contributed by atoms with van der Waals surface area (Å²) in [6.07, 6.45) is -1.37. The van der Waals surface area contributed by atoms with Crippen LogP contribution in [0.4, 0.5) is 0 Å². The molecule has 0 aliphatic carbocycles. The van der Waals surface area contributed by atoms with E-state index >= 15 is 0 Å². The van der Waals surface area contributed by atoms with Crippen LogP contribution in [0.2, 0.25) is 0 Å². The van der Waals surface area contributed by atoms with E-state index in [1.807, 2.05) is 31.2 Å². The van der Waals surface area contributed by atoms with Crippen LogP contribution in [0.3, 0.4) is 0 Å². The van der Waals surface area contributed by atoms with Crippen LogP contribution in [0.25, 0.3) is 0 Å². The molecule has 176 valence electrons. The highest BCUT2D eigenvalue weighted by Crippen LogP contribution is 2.22. The molecule has 0 aliphatic heterocycles. The highest BCUT2D eigenvalue weighted by Gasteiger charge is 2.36. The summed E-state index contributed by atoms with van der Waals surface area (Å²) in [6.45, 7) is 9.14. The van der Waals surface area contributed by atoms with Crippen LogP contribution >= 0.6 is 0 Å². The SMILES string of the molecule is CCCC(=O)NC(C)C(OC(=O)C(C)c1ccc(CC(C)C)cc1)C(O)C(CO)OC. The van der Waals surface area contributed by atoms with Gasteiger partial charge in [-0.05, 0) is 43.7 Å². The van der Waals surface area contributed by atoms with Gasteiger partial charge < -0.3 is 25.0 Å². The van der Waals surface area contributed by atoms with E-state index in [2.05, 4.69) is 19.2 Å². The Bertz CT molecular complexity index is 671. The zero-order valence-electron chi connectivity index (χ0n) is 19.6. The second-order valence-electron chi connectivity index (χ2n) is 8.52. The molecule has 0 saturated heterocycles. The molecule has 5 atom stereocenters. The molecule has 7 heteroatoms. The summed E-state index contributed by atoms with van der Waals surface area (Å²) in [6, 6.07) is 7.17. The third-order valence-electron chi connectivity index (χ3n) is 5.29. The van der Waals surface area contributed by atoms with Gasteiger partial charge in [-0.3, -0.25) is 9.59 Å². The van der Waals surface area contributed by atoms with Gasteiger partial charge in [-0.15, -0.1) is 0 Å². The maximum absolute atomic E-state index is 12.9. The standard InChI is InChI=1S/C24H39NO6/c1-7-8-21(27)25-17(5)23(22(28)20(14-26)30-6)31-24(29)16(4)19-11-9-18(10-12-19)13-15(2)3/h9-12,15-17,20,22-23,26,28H,7-8,13-14H2,1-6H3,(H,25,27). The predicted octanol–water partition coefficient (Wildman–Crippen LogP) is 2.57. The topological polar surface area (TPSA) is 105 Å². The van der Waals surface area contributed by atoms with E-state index < -0.39 is 42.8 Å². The molecule has 0 aromatic heterocycles. The lowest BCUT2D eigenvalue weighted by Crippen LogP contribution is -2.54. The number of amides is 1. The van der Waals surface area contributed by atoms with E-state index in [0.717, 1.165) is 12.0 Å². The molecule has 0 fully saturated rings. The fourth-order valence-electron chi connectivity index (χ4n) is 3.42. The number of methoxy groups -OCH3 is 1. The highest BCUT2D eigenvalue weighted by atomic mass is 16.6. The third kappa shape index (κ3) is 8.59. The number of aliphatic hydroxyl groups is 2. The Hall–Kier alpha value is -1.96. The summed E-state index contributed by atoms with van der Waals surface area (Å²) < 4.78 is 10.8. The molecule has 0 saturated carbocycles. The lowest BCUT2D eigenvalue weighted by molar-refractivity contribution is -0.168. The summed E-state index contributed by atoms with van der Waals surface area (Å²) in [5.74, 6) is -0.739. The molecule has 31 heavy (non-hydrogen) atoms. The summed E-state index contributed by atoms with van der Waals surface area (Å²) >= 11 is 0. The molecule has 1 aromatic carbocycles. The van der Waals surface area contributed by atoms with Gasteiger partial charge in [-0.2, -0.15) is 0 Å². The molecule has 0 radical (unpaired) electrons. The van der Waals surface area contributed by atoms with Gasteiger partial charge in [0.1, 0.15) is 18.3 Å². The quantitative estimate of drug-likeness (QED) is 0.410. The molecule has 0 aliphatic rings. The van der Waals surface area contributed by atoms with Crippen LogP contribution < -0.4 is 5.32 Å². The number of carbonyl (C=O) groups excluding carboxylic acids is 2. The zero-order chi connectivity index (χ0) is 23.6. The molecule has 0 spiro atoms. The summed E-state index contributed by atoms with van der Waals surface area (Å²) in [5, 5.41) is 22.9. The van der Waals surface area contributed by atoms with Gasteiger partial charge in [-0.25, -0.2) is 0 Å². The Kier molecular flexibility index (Phi) is 11.7. The van der Waals surface area contributed by atoms with Crippen molar-refractivity contribution < 1.29 is 29.3 Å². The van der Waals surface area contributed by atoms with Gasteiger partial charge in [-0.1, -0.05) is 45.0 Å². The first-order chi connectivity index (χ1) is 14.6. The Morgan fingerprint density at radius 2 is 1.71 bits per heavy atom. The van der Waals surface area contributed by atoms with Gasteiger partial charge >= 0.3 is 5.97 Å². The van der Waals surface area contributed by atoms with Crippen molar-refractivity contribution in [3.63, 3.8) is 0 Å². The smallest absolute Gasteiger partial charge is 0.313 e. The molecule has 7 nitrogen and oxygen atoms in total. The number of carbonyl (C=O) groups is 2. The minimum atomic E-state index is -1.31. The number of ether oxygens (including phenoxy) is 2. The van der Waals surface area contributed by atoms with Gasteiger partial charge in [0.15, 0.2) is 0 Å². The van der Waals surface area contributed by atoms with Crippen molar-refractivity contribution in [1.29, 1.82) is 0 Å². The summed E-state index contributed by atoms with van der Waals surface area (Å²) in [7, 11) is 1.35.